The molecular formula is C14H23NSi. The fourth-order valence-corrected chi connectivity index (χ4v) is 4.04. The van der Waals surface area contributed by atoms with Gasteiger partial charge in [-0.15, -0.1) is 0 Å². The van der Waals surface area contributed by atoms with E-state index in [9.17, 15) is 0 Å². The van der Waals surface area contributed by atoms with Crippen LogP contribution >= 0.6 is 0 Å². The molecule has 0 aliphatic carbocycles. The summed E-state index contributed by atoms with van der Waals surface area (Å²) in [5.41, 5.74) is 2.66. The minimum Gasteiger partial charge on any atom is -0.377 e. The Balaban J connectivity index is 2.90. The normalized spacial score (nSPS) is 10.9. The van der Waals surface area contributed by atoms with Gasteiger partial charge in [-0.3, -0.25) is 0 Å². The van der Waals surface area contributed by atoms with Gasteiger partial charge in [-0.1, -0.05) is 55.8 Å². The number of nitrogens with zero attached hydrogens (tertiary/aromatic N) is 1. The van der Waals surface area contributed by atoms with Crippen molar-refractivity contribution in [3.63, 3.8) is 0 Å². The molecule has 0 radical (unpaired) electrons. The van der Waals surface area contributed by atoms with E-state index in [1.807, 2.05) is 6.08 Å². The van der Waals surface area contributed by atoms with Crippen LogP contribution in [0.4, 0.5) is 5.69 Å². The van der Waals surface area contributed by atoms with Gasteiger partial charge in [-0.2, -0.15) is 0 Å². The summed E-state index contributed by atoms with van der Waals surface area (Å²) in [6.07, 6.45) is 4.70. The summed E-state index contributed by atoms with van der Waals surface area (Å²) in [5, 5.41) is 1.56. The standard InChI is InChI=1S/C14H23NSi/c1-5-7-11-16-14-10-8-9-13(15(3)4)12(14)6-2/h6,8-10H,2,5,7,11,16H2,1,3-4H3. The Hall–Kier alpha value is -1.02. The molecule has 16 heavy (non-hydrogen) atoms. The molecule has 0 saturated carbocycles. The molecule has 0 spiro atoms. The van der Waals surface area contributed by atoms with Crippen LogP contribution in [0.25, 0.3) is 6.08 Å². The van der Waals surface area contributed by atoms with Gasteiger partial charge >= 0.3 is 0 Å². The summed E-state index contributed by atoms with van der Waals surface area (Å²) in [6.45, 7) is 6.22. The molecule has 0 N–H and O–H groups in total. The second-order valence-electron chi connectivity index (χ2n) is 4.41. The van der Waals surface area contributed by atoms with Crippen LogP contribution < -0.4 is 10.1 Å². The van der Waals surface area contributed by atoms with E-state index in [4.69, 9.17) is 0 Å². The van der Waals surface area contributed by atoms with Crippen LogP contribution in [0.1, 0.15) is 25.3 Å². The van der Waals surface area contributed by atoms with Gasteiger partial charge in [0, 0.05) is 19.8 Å². The lowest BCUT2D eigenvalue weighted by Crippen LogP contribution is -2.21. The first-order valence-corrected chi connectivity index (χ1v) is 7.83. The Kier molecular flexibility index (Phi) is 5.33. The Morgan fingerprint density at radius 3 is 2.69 bits per heavy atom. The molecule has 0 unspecified atom stereocenters. The maximum absolute atomic E-state index is 3.96. The van der Waals surface area contributed by atoms with Gasteiger partial charge in [-0.25, -0.2) is 0 Å². The minimum atomic E-state index is -0.114. The maximum atomic E-state index is 3.96. The van der Waals surface area contributed by atoms with Crippen molar-refractivity contribution in [3.8, 4) is 0 Å². The highest BCUT2D eigenvalue weighted by Crippen LogP contribution is 2.17. The van der Waals surface area contributed by atoms with Crippen molar-refractivity contribution in [2.45, 2.75) is 25.8 Å². The highest BCUT2D eigenvalue weighted by Gasteiger charge is 2.06. The summed E-state index contributed by atoms with van der Waals surface area (Å²) < 4.78 is 0. The second-order valence-corrected chi connectivity index (χ2v) is 6.37. The Morgan fingerprint density at radius 2 is 2.12 bits per heavy atom. The molecule has 0 bridgehead atoms. The third-order valence-electron chi connectivity index (χ3n) is 2.91. The number of anilines is 1. The van der Waals surface area contributed by atoms with Gasteiger partial charge in [0.1, 0.15) is 0 Å². The summed E-state index contributed by atoms with van der Waals surface area (Å²) >= 11 is 0. The van der Waals surface area contributed by atoms with Crippen molar-refractivity contribution in [1.29, 1.82) is 0 Å². The predicted octanol–water partition coefficient (Wildman–Crippen LogP) is 2.41. The van der Waals surface area contributed by atoms with Crippen LogP contribution in [-0.2, 0) is 0 Å². The van der Waals surface area contributed by atoms with E-state index < -0.39 is 0 Å². The van der Waals surface area contributed by atoms with Crippen LogP contribution in [0.15, 0.2) is 24.8 Å². The third-order valence-corrected chi connectivity index (χ3v) is 4.92. The van der Waals surface area contributed by atoms with Crippen LogP contribution in [0.2, 0.25) is 6.04 Å². The molecule has 2 heteroatoms. The van der Waals surface area contributed by atoms with E-state index in [1.165, 1.54) is 30.1 Å². The zero-order valence-corrected chi connectivity index (χ0v) is 12.2. The predicted molar refractivity (Wildman–Crippen MR) is 78.8 cm³/mol. The highest BCUT2D eigenvalue weighted by molar-refractivity contribution is 6.54. The Labute approximate surface area is 102 Å². The number of rotatable bonds is 6. The number of hydrogen-bond donors (Lipinski definition) is 0. The zero-order valence-electron chi connectivity index (χ0n) is 10.8. The largest absolute Gasteiger partial charge is 0.377 e. The summed E-state index contributed by atoms with van der Waals surface area (Å²) in [4.78, 5) is 2.18. The molecule has 0 saturated heterocycles. The van der Waals surface area contributed by atoms with Gasteiger partial charge in [-0.05, 0) is 11.6 Å². The molecule has 0 aliphatic heterocycles. The highest BCUT2D eigenvalue weighted by atomic mass is 28.2. The van der Waals surface area contributed by atoms with Crippen LogP contribution in [0.3, 0.4) is 0 Å². The lowest BCUT2D eigenvalue weighted by Gasteiger charge is -2.18. The van der Waals surface area contributed by atoms with Gasteiger partial charge in [0.05, 0.1) is 9.52 Å². The third kappa shape index (κ3) is 3.24. The number of hydrogen-bond acceptors (Lipinski definition) is 1. The van der Waals surface area contributed by atoms with E-state index in [-0.39, 0.29) is 9.52 Å². The van der Waals surface area contributed by atoms with Crippen molar-refractivity contribution >= 4 is 26.5 Å². The zero-order chi connectivity index (χ0) is 12.0. The van der Waals surface area contributed by atoms with Crippen LogP contribution in [0.5, 0.6) is 0 Å². The fraction of sp³-hybridized carbons (Fsp3) is 0.429. The van der Waals surface area contributed by atoms with E-state index in [0.717, 1.165) is 0 Å². The van der Waals surface area contributed by atoms with E-state index in [0.29, 0.717) is 0 Å². The SMILES string of the molecule is C=Cc1c([SiH2]CCCC)cccc1N(C)C. The van der Waals surface area contributed by atoms with Gasteiger partial charge in [0.15, 0.2) is 0 Å². The van der Waals surface area contributed by atoms with E-state index in [2.05, 4.69) is 50.7 Å². The lowest BCUT2D eigenvalue weighted by molar-refractivity contribution is 0.881. The second kappa shape index (κ2) is 6.54. The molecular weight excluding hydrogens is 210 g/mol. The molecule has 0 heterocycles. The summed E-state index contributed by atoms with van der Waals surface area (Å²) in [5.74, 6) is 0. The van der Waals surface area contributed by atoms with Crippen molar-refractivity contribution < 1.29 is 0 Å². The fourth-order valence-electron chi connectivity index (χ4n) is 2.01. The molecule has 1 nitrogen and oxygen atoms in total. The van der Waals surface area contributed by atoms with Crippen LogP contribution in [-0.4, -0.2) is 23.6 Å². The smallest absolute Gasteiger partial charge is 0.0556 e. The quantitative estimate of drug-likeness (QED) is 0.539. The monoisotopic (exact) mass is 233 g/mol. The average Bonchev–Trinajstić information content (AvgIpc) is 2.29. The van der Waals surface area contributed by atoms with Crippen molar-refractivity contribution in [1.82, 2.24) is 0 Å². The molecule has 0 aromatic heterocycles. The first-order chi connectivity index (χ1) is 7.70. The Bertz CT molecular complexity index is 345. The summed E-state index contributed by atoms with van der Waals surface area (Å²) in [7, 11) is 4.08. The lowest BCUT2D eigenvalue weighted by atomic mass is 10.1. The molecule has 1 aromatic carbocycles. The van der Waals surface area contributed by atoms with Gasteiger partial charge in [0.25, 0.3) is 0 Å². The van der Waals surface area contributed by atoms with Crippen molar-refractivity contribution in [3.05, 3.63) is 30.3 Å². The number of benzene rings is 1. The molecule has 0 amide bonds. The topological polar surface area (TPSA) is 3.24 Å². The van der Waals surface area contributed by atoms with Gasteiger partial charge < -0.3 is 4.90 Å². The van der Waals surface area contributed by atoms with E-state index >= 15 is 0 Å². The van der Waals surface area contributed by atoms with E-state index in [1.54, 1.807) is 5.19 Å². The maximum Gasteiger partial charge on any atom is 0.0556 e. The van der Waals surface area contributed by atoms with Gasteiger partial charge in [0.2, 0.25) is 0 Å². The van der Waals surface area contributed by atoms with Crippen LogP contribution in [0, 0.1) is 0 Å². The molecule has 0 atom stereocenters. The number of unbranched alkanes of at least 4 members (excludes halogenated alkanes) is 1. The molecule has 1 aromatic rings. The molecule has 1 rings (SSSR count). The van der Waals surface area contributed by atoms with Crippen molar-refractivity contribution in [2.75, 3.05) is 19.0 Å². The summed E-state index contributed by atoms with van der Waals surface area (Å²) in [6, 6.07) is 8.05. The average molecular weight is 233 g/mol. The first kappa shape index (κ1) is 13.0. The molecule has 0 fully saturated rings. The first-order valence-electron chi connectivity index (χ1n) is 6.12. The van der Waals surface area contributed by atoms with Crippen molar-refractivity contribution in [2.24, 2.45) is 0 Å². The Morgan fingerprint density at radius 1 is 1.38 bits per heavy atom. The minimum absolute atomic E-state index is 0.114. The molecule has 0 aliphatic rings. The molecule has 88 valence electrons.